The van der Waals surface area contributed by atoms with Gasteiger partial charge < -0.3 is 14.2 Å². The van der Waals surface area contributed by atoms with E-state index in [2.05, 4.69) is 93.7 Å². The molecule has 0 aromatic heterocycles. The highest BCUT2D eigenvalue weighted by atomic mass is 16.6. The molecule has 0 aromatic carbocycles. The lowest BCUT2D eigenvalue weighted by Crippen LogP contribution is -2.30. The molecule has 0 aromatic rings. The number of hydrogen-bond donors (Lipinski definition) is 0. The van der Waals surface area contributed by atoms with Gasteiger partial charge in [0.25, 0.3) is 0 Å². The van der Waals surface area contributed by atoms with E-state index >= 15 is 0 Å². The first-order chi connectivity index (χ1) is 33.0. The van der Waals surface area contributed by atoms with Crippen LogP contribution in [0.15, 0.2) is 72.9 Å². The van der Waals surface area contributed by atoms with Crippen LogP contribution in [0.1, 0.15) is 278 Å². The first-order valence-corrected chi connectivity index (χ1v) is 28.4. The minimum absolute atomic E-state index is 0.0851. The maximum atomic E-state index is 12.8. The topological polar surface area (TPSA) is 78.9 Å². The minimum Gasteiger partial charge on any atom is -0.462 e. The highest BCUT2D eigenvalue weighted by Crippen LogP contribution is 2.15. The molecule has 1 atom stereocenters. The SMILES string of the molecule is CCC/C=C\C/C=C\CCCCCCCC(=O)OCC(COC(=O)CCCCCCCCCCC/C=C\C/C=C\CCCCC)OC(=O)CCCCCCCCC/C=C\C/C=C\CCCCC. The smallest absolute Gasteiger partial charge is 0.306 e. The van der Waals surface area contributed by atoms with Gasteiger partial charge in [0.1, 0.15) is 13.2 Å². The highest BCUT2D eigenvalue weighted by molar-refractivity contribution is 5.71. The van der Waals surface area contributed by atoms with Crippen LogP contribution in [0.5, 0.6) is 0 Å². The van der Waals surface area contributed by atoms with Crippen molar-refractivity contribution in [3.63, 3.8) is 0 Å². The molecule has 67 heavy (non-hydrogen) atoms. The van der Waals surface area contributed by atoms with Gasteiger partial charge in [-0.15, -0.1) is 0 Å². The molecule has 0 saturated heterocycles. The molecular formula is C61H106O6. The average Bonchev–Trinajstić information content (AvgIpc) is 3.33. The zero-order valence-electron chi connectivity index (χ0n) is 44.2. The van der Waals surface area contributed by atoms with Crippen LogP contribution in [0.3, 0.4) is 0 Å². The Morgan fingerprint density at radius 1 is 0.299 bits per heavy atom. The number of rotatable bonds is 51. The highest BCUT2D eigenvalue weighted by Gasteiger charge is 2.19. The summed E-state index contributed by atoms with van der Waals surface area (Å²) in [6.45, 7) is 6.52. The summed E-state index contributed by atoms with van der Waals surface area (Å²) in [5.41, 5.74) is 0. The van der Waals surface area contributed by atoms with E-state index in [0.717, 1.165) is 109 Å². The summed E-state index contributed by atoms with van der Waals surface area (Å²) < 4.78 is 16.8. The summed E-state index contributed by atoms with van der Waals surface area (Å²) in [4.78, 5) is 38.1. The molecule has 0 aliphatic carbocycles. The van der Waals surface area contributed by atoms with Gasteiger partial charge in [-0.05, 0) is 109 Å². The molecule has 0 saturated carbocycles. The van der Waals surface area contributed by atoms with Crippen LogP contribution in [-0.2, 0) is 28.6 Å². The predicted octanol–water partition coefficient (Wildman–Crippen LogP) is 19.0. The standard InChI is InChI=1S/C61H106O6/c1-4-7-10-13-16-19-22-25-27-29-30-32-33-36-39-42-45-48-51-54-60(63)66-57-58(56-65-59(62)53-50-47-44-41-38-35-24-21-18-15-12-9-6-3)67-61(64)55-52-49-46-43-40-37-34-31-28-26-23-20-17-14-11-8-5-2/h12,15-17,19-21,24-28,58H,4-11,13-14,18,22-23,29-57H2,1-3H3/b15-12-,19-16-,20-17-,24-21-,27-25-,28-26-. The van der Waals surface area contributed by atoms with Gasteiger partial charge in [-0.3, -0.25) is 14.4 Å². The fourth-order valence-corrected chi connectivity index (χ4v) is 7.83. The molecule has 0 fully saturated rings. The molecule has 0 heterocycles. The van der Waals surface area contributed by atoms with Crippen LogP contribution in [0.25, 0.3) is 0 Å². The van der Waals surface area contributed by atoms with Gasteiger partial charge in [0.15, 0.2) is 6.10 Å². The van der Waals surface area contributed by atoms with Crippen LogP contribution in [0.4, 0.5) is 0 Å². The summed E-state index contributed by atoms with van der Waals surface area (Å²) in [6, 6.07) is 0. The van der Waals surface area contributed by atoms with Gasteiger partial charge >= 0.3 is 17.9 Å². The quantitative estimate of drug-likeness (QED) is 0.0262. The van der Waals surface area contributed by atoms with Crippen molar-refractivity contribution >= 4 is 17.9 Å². The fraction of sp³-hybridized carbons (Fsp3) is 0.754. The van der Waals surface area contributed by atoms with Crippen molar-refractivity contribution in [2.45, 2.75) is 284 Å². The number of ether oxygens (including phenoxy) is 3. The largest absolute Gasteiger partial charge is 0.462 e. The Bertz CT molecular complexity index is 1260. The summed E-state index contributed by atoms with van der Waals surface area (Å²) in [5, 5.41) is 0. The molecule has 0 radical (unpaired) electrons. The van der Waals surface area contributed by atoms with E-state index in [1.165, 1.54) is 128 Å². The molecule has 0 amide bonds. The van der Waals surface area contributed by atoms with Gasteiger partial charge in [-0.25, -0.2) is 0 Å². The second-order valence-electron chi connectivity index (χ2n) is 18.8. The summed E-state index contributed by atoms with van der Waals surface area (Å²) in [7, 11) is 0. The molecule has 6 heteroatoms. The lowest BCUT2D eigenvalue weighted by Gasteiger charge is -2.18. The molecule has 386 valence electrons. The summed E-state index contributed by atoms with van der Waals surface area (Å²) in [5.74, 6) is -0.905. The monoisotopic (exact) mass is 935 g/mol. The second kappa shape index (κ2) is 55.4. The van der Waals surface area contributed by atoms with Crippen molar-refractivity contribution < 1.29 is 28.6 Å². The molecule has 0 rings (SSSR count). The maximum absolute atomic E-state index is 12.8. The maximum Gasteiger partial charge on any atom is 0.306 e. The van der Waals surface area contributed by atoms with Crippen LogP contribution >= 0.6 is 0 Å². The van der Waals surface area contributed by atoms with Crippen molar-refractivity contribution in [1.82, 2.24) is 0 Å². The fourth-order valence-electron chi connectivity index (χ4n) is 7.83. The minimum atomic E-state index is -0.787. The molecule has 0 N–H and O–H groups in total. The Balaban J connectivity index is 4.39. The Morgan fingerprint density at radius 3 is 0.881 bits per heavy atom. The summed E-state index contributed by atoms with van der Waals surface area (Å²) in [6.07, 6.45) is 70.2. The Labute approximate surface area is 414 Å². The van der Waals surface area contributed by atoms with Crippen LogP contribution in [-0.4, -0.2) is 37.2 Å². The number of unbranched alkanes of at least 4 members (excludes halogenated alkanes) is 28. The van der Waals surface area contributed by atoms with E-state index in [0.29, 0.717) is 19.3 Å². The second-order valence-corrected chi connectivity index (χ2v) is 18.8. The first-order valence-electron chi connectivity index (χ1n) is 28.4. The van der Waals surface area contributed by atoms with Gasteiger partial charge in [0.05, 0.1) is 0 Å². The normalized spacial score (nSPS) is 12.6. The third-order valence-corrected chi connectivity index (χ3v) is 12.1. The van der Waals surface area contributed by atoms with Crippen molar-refractivity contribution in [1.29, 1.82) is 0 Å². The number of carbonyl (C=O) groups is 3. The molecule has 6 nitrogen and oxygen atoms in total. The third-order valence-electron chi connectivity index (χ3n) is 12.1. The van der Waals surface area contributed by atoms with Gasteiger partial charge in [-0.2, -0.15) is 0 Å². The van der Waals surface area contributed by atoms with Gasteiger partial charge in [0.2, 0.25) is 0 Å². The van der Waals surface area contributed by atoms with E-state index in [1.807, 2.05) is 0 Å². The van der Waals surface area contributed by atoms with E-state index in [4.69, 9.17) is 14.2 Å². The van der Waals surface area contributed by atoms with Gasteiger partial charge in [0, 0.05) is 19.3 Å². The molecule has 0 bridgehead atoms. The Hall–Kier alpha value is -3.15. The van der Waals surface area contributed by atoms with E-state index in [-0.39, 0.29) is 31.1 Å². The number of allylic oxidation sites excluding steroid dienone is 12. The third kappa shape index (κ3) is 53.7. The predicted molar refractivity (Wildman–Crippen MR) is 288 cm³/mol. The van der Waals surface area contributed by atoms with E-state index in [1.54, 1.807) is 0 Å². The van der Waals surface area contributed by atoms with Crippen LogP contribution in [0, 0.1) is 0 Å². The van der Waals surface area contributed by atoms with Crippen LogP contribution < -0.4 is 0 Å². The van der Waals surface area contributed by atoms with Crippen LogP contribution in [0.2, 0.25) is 0 Å². The molecule has 0 aliphatic heterocycles. The van der Waals surface area contributed by atoms with Crippen molar-refractivity contribution in [3.05, 3.63) is 72.9 Å². The zero-order chi connectivity index (χ0) is 48.6. The van der Waals surface area contributed by atoms with Gasteiger partial charge in [-0.1, -0.05) is 222 Å². The average molecular weight is 936 g/mol. The Kier molecular flexibility index (Phi) is 52.8. The zero-order valence-corrected chi connectivity index (χ0v) is 44.2. The number of esters is 3. The lowest BCUT2D eigenvalue weighted by molar-refractivity contribution is -0.167. The van der Waals surface area contributed by atoms with Crippen molar-refractivity contribution in [2.24, 2.45) is 0 Å². The lowest BCUT2D eigenvalue weighted by atomic mass is 10.1. The van der Waals surface area contributed by atoms with E-state index < -0.39 is 6.10 Å². The molecule has 0 aliphatic rings. The Morgan fingerprint density at radius 2 is 0.567 bits per heavy atom. The van der Waals surface area contributed by atoms with Crippen molar-refractivity contribution in [2.75, 3.05) is 13.2 Å². The number of hydrogen-bond acceptors (Lipinski definition) is 6. The molecular weight excluding hydrogens is 829 g/mol. The molecule has 0 spiro atoms. The van der Waals surface area contributed by atoms with E-state index in [9.17, 15) is 14.4 Å². The first kappa shape index (κ1) is 63.8. The van der Waals surface area contributed by atoms with Crippen molar-refractivity contribution in [3.8, 4) is 0 Å². The molecule has 1 unspecified atom stereocenters. The summed E-state index contributed by atoms with van der Waals surface area (Å²) >= 11 is 0. The number of carbonyl (C=O) groups excluding carboxylic acids is 3.